The molecule has 1 unspecified atom stereocenters. The standard InChI is InChI=1S/C69H120O5/c1-3-5-7-9-11-13-15-17-19-21-23-25-27-28-29-30-31-32-33-34-35-36-37-38-39-40-42-44-46-48-50-52-54-56-58-60-62-64-69(72)74-67(65-70)66-73-68(71)63-61-59-57-55-53-51-49-47-45-43-41-26-24-22-20-18-16-14-12-10-8-6-4-2/h5,7,11,13,17,19,22-25,28-29,31-32,34-35,67,70H,3-4,6,8-10,12,14-16,18,20-21,26-27,30,33,36-66H2,1-2H3/b7-5-,13-11-,19-17-,24-22-,25-23-,29-28-,32-31-,35-34-. The molecule has 74 heavy (non-hydrogen) atoms. The van der Waals surface area contributed by atoms with Gasteiger partial charge in [0.2, 0.25) is 0 Å². The summed E-state index contributed by atoms with van der Waals surface area (Å²) in [7, 11) is 0. The molecule has 0 bridgehead atoms. The fourth-order valence-corrected chi connectivity index (χ4v) is 9.12. The van der Waals surface area contributed by atoms with Crippen LogP contribution in [0.25, 0.3) is 0 Å². The number of allylic oxidation sites excluding steroid dienone is 16. The fraction of sp³-hybridized carbons (Fsp3) is 0.739. The molecule has 0 rings (SSSR count). The number of hydrogen-bond acceptors (Lipinski definition) is 5. The molecule has 0 aliphatic rings. The van der Waals surface area contributed by atoms with E-state index in [1.165, 1.54) is 199 Å². The van der Waals surface area contributed by atoms with Gasteiger partial charge in [0.05, 0.1) is 6.61 Å². The molecule has 0 fully saturated rings. The van der Waals surface area contributed by atoms with Crippen LogP contribution in [0, 0.1) is 0 Å². The number of esters is 2. The Hall–Kier alpha value is -3.18. The van der Waals surface area contributed by atoms with Crippen molar-refractivity contribution in [2.24, 2.45) is 0 Å². The van der Waals surface area contributed by atoms with E-state index in [4.69, 9.17) is 9.47 Å². The third-order valence-electron chi connectivity index (χ3n) is 13.9. The van der Waals surface area contributed by atoms with Gasteiger partial charge in [0.25, 0.3) is 0 Å². The molecule has 0 amide bonds. The average molecular weight is 1030 g/mol. The summed E-state index contributed by atoms with van der Waals surface area (Å²) in [5, 5.41) is 9.68. The van der Waals surface area contributed by atoms with Crippen molar-refractivity contribution in [3.8, 4) is 0 Å². The number of hydrogen-bond donors (Lipinski definition) is 1. The van der Waals surface area contributed by atoms with Crippen LogP contribution in [0.5, 0.6) is 0 Å². The number of aliphatic hydroxyl groups is 1. The first-order chi connectivity index (χ1) is 36.6. The fourth-order valence-electron chi connectivity index (χ4n) is 9.12. The molecule has 0 aromatic heterocycles. The van der Waals surface area contributed by atoms with E-state index in [0.717, 1.165) is 83.5 Å². The summed E-state index contributed by atoms with van der Waals surface area (Å²) in [5.74, 6) is -0.583. The molecule has 0 aliphatic heterocycles. The maximum Gasteiger partial charge on any atom is 0.306 e. The summed E-state index contributed by atoms with van der Waals surface area (Å²) in [6, 6.07) is 0. The highest BCUT2D eigenvalue weighted by molar-refractivity contribution is 5.70. The molecule has 0 saturated carbocycles. The first-order valence-electron chi connectivity index (χ1n) is 31.8. The average Bonchev–Trinajstić information content (AvgIpc) is 3.40. The summed E-state index contributed by atoms with van der Waals surface area (Å²) in [5.41, 5.74) is 0. The number of rotatable bonds is 58. The van der Waals surface area contributed by atoms with Crippen LogP contribution < -0.4 is 0 Å². The minimum absolute atomic E-state index is 0.0666. The Bertz CT molecular complexity index is 1400. The summed E-state index contributed by atoms with van der Waals surface area (Å²) in [6.07, 6.45) is 91.2. The van der Waals surface area contributed by atoms with Crippen molar-refractivity contribution in [1.82, 2.24) is 0 Å². The molecule has 1 atom stereocenters. The zero-order valence-electron chi connectivity index (χ0n) is 48.8. The zero-order chi connectivity index (χ0) is 53.4. The van der Waals surface area contributed by atoms with Gasteiger partial charge in [0, 0.05) is 12.8 Å². The Morgan fingerprint density at radius 3 is 0.892 bits per heavy atom. The molecule has 0 aromatic rings. The van der Waals surface area contributed by atoms with Gasteiger partial charge in [-0.25, -0.2) is 0 Å². The quantitative estimate of drug-likeness (QED) is 0.0373. The molecule has 0 radical (unpaired) electrons. The lowest BCUT2D eigenvalue weighted by molar-refractivity contribution is -0.161. The molecule has 0 aromatic carbocycles. The van der Waals surface area contributed by atoms with E-state index in [1.807, 2.05) is 0 Å². The van der Waals surface area contributed by atoms with Gasteiger partial charge in [-0.3, -0.25) is 9.59 Å². The van der Waals surface area contributed by atoms with Crippen LogP contribution in [0.2, 0.25) is 0 Å². The van der Waals surface area contributed by atoms with Crippen molar-refractivity contribution in [3.63, 3.8) is 0 Å². The third kappa shape index (κ3) is 61.4. The zero-order valence-corrected chi connectivity index (χ0v) is 48.8. The Kier molecular flexibility index (Phi) is 61.4. The molecule has 1 N–H and O–H groups in total. The van der Waals surface area contributed by atoms with E-state index in [1.54, 1.807) is 0 Å². The summed E-state index contributed by atoms with van der Waals surface area (Å²) >= 11 is 0. The van der Waals surface area contributed by atoms with Crippen LogP contribution in [-0.2, 0) is 19.1 Å². The van der Waals surface area contributed by atoms with Crippen molar-refractivity contribution in [3.05, 3.63) is 97.2 Å². The lowest BCUT2D eigenvalue weighted by Crippen LogP contribution is -2.28. The van der Waals surface area contributed by atoms with Crippen molar-refractivity contribution < 1.29 is 24.2 Å². The maximum absolute atomic E-state index is 12.3. The van der Waals surface area contributed by atoms with Gasteiger partial charge < -0.3 is 14.6 Å². The van der Waals surface area contributed by atoms with Crippen LogP contribution in [0.15, 0.2) is 97.2 Å². The summed E-state index contributed by atoms with van der Waals surface area (Å²) < 4.78 is 10.7. The van der Waals surface area contributed by atoms with E-state index in [9.17, 15) is 14.7 Å². The maximum atomic E-state index is 12.3. The van der Waals surface area contributed by atoms with Gasteiger partial charge in [0.1, 0.15) is 6.61 Å². The first kappa shape index (κ1) is 70.8. The Labute approximate surface area is 459 Å². The second kappa shape index (κ2) is 64.1. The molecular formula is C69H120O5. The van der Waals surface area contributed by atoms with Gasteiger partial charge in [0.15, 0.2) is 6.10 Å². The topological polar surface area (TPSA) is 72.8 Å². The minimum atomic E-state index is -0.777. The highest BCUT2D eigenvalue weighted by Gasteiger charge is 2.16. The lowest BCUT2D eigenvalue weighted by Gasteiger charge is -2.15. The molecule has 0 heterocycles. The van der Waals surface area contributed by atoms with E-state index < -0.39 is 6.10 Å². The highest BCUT2D eigenvalue weighted by atomic mass is 16.6. The van der Waals surface area contributed by atoms with E-state index >= 15 is 0 Å². The lowest BCUT2D eigenvalue weighted by atomic mass is 10.0. The van der Waals surface area contributed by atoms with Gasteiger partial charge in [-0.15, -0.1) is 0 Å². The highest BCUT2D eigenvalue weighted by Crippen LogP contribution is 2.17. The normalized spacial score (nSPS) is 12.9. The van der Waals surface area contributed by atoms with Crippen molar-refractivity contribution in [2.45, 2.75) is 315 Å². The van der Waals surface area contributed by atoms with Crippen LogP contribution >= 0.6 is 0 Å². The van der Waals surface area contributed by atoms with Gasteiger partial charge in [-0.2, -0.15) is 0 Å². The first-order valence-corrected chi connectivity index (χ1v) is 31.8. The predicted molar refractivity (Wildman–Crippen MR) is 325 cm³/mol. The van der Waals surface area contributed by atoms with Crippen LogP contribution in [-0.4, -0.2) is 36.4 Å². The smallest absolute Gasteiger partial charge is 0.306 e. The van der Waals surface area contributed by atoms with Crippen molar-refractivity contribution >= 4 is 11.9 Å². The molecule has 0 aliphatic carbocycles. The second-order valence-electron chi connectivity index (χ2n) is 21.1. The summed E-state index contributed by atoms with van der Waals surface area (Å²) in [4.78, 5) is 24.6. The molecular weight excluding hydrogens is 909 g/mol. The van der Waals surface area contributed by atoms with E-state index in [0.29, 0.717) is 12.8 Å². The van der Waals surface area contributed by atoms with Gasteiger partial charge in [-0.1, -0.05) is 297 Å². The van der Waals surface area contributed by atoms with Crippen molar-refractivity contribution in [1.29, 1.82) is 0 Å². The molecule has 5 nitrogen and oxygen atoms in total. The number of carbonyl (C=O) groups excluding carboxylic acids is 2. The summed E-state index contributed by atoms with van der Waals surface area (Å²) in [6.45, 7) is 4.05. The Morgan fingerprint density at radius 2 is 0.581 bits per heavy atom. The SMILES string of the molecule is CC/C=C\C/C=C\C/C=C\C/C=C\C/C=C\C/C=C\C/C=C\CCCCCCCCCCCCCCCCCC(=O)OC(CO)COC(=O)CCCCCCCCCCCCC/C=C\CCCCCCCCCC. The predicted octanol–water partition coefficient (Wildman–Crippen LogP) is 21.9. The largest absolute Gasteiger partial charge is 0.462 e. The molecule has 0 spiro atoms. The number of ether oxygens (including phenoxy) is 2. The van der Waals surface area contributed by atoms with Crippen molar-refractivity contribution in [2.75, 3.05) is 13.2 Å². The molecule has 426 valence electrons. The number of aliphatic hydroxyl groups excluding tert-OH is 1. The van der Waals surface area contributed by atoms with Crippen LogP contribution in [0.3, 0.4) is 0 Å². The van der Waals surface area contributed by atoms with E-state index in [2.05, 4.69) is 111 Å². The molecule has 5 heteroatoms. The van der Waals surface area contributed by atoms with Crippen LogP contribution in [0.1, 0.15) is 309 Å². The van der Waals surface area contributed by atoms with E-state index in [-0.39, 0.29) is 25.2 Å². The monoisotopic (exact) mass is 1030 g/mol. The van der Waals surface area contributed by atoms with Crippen LogP contribution in [0.4, 0.5) is 0 Å². The number of unbranched alkanes of at least 4 members (excludes halogenated alkanes) is 34. The Balaban J connectivity index is 3.48. The number of carbonyl (C=O) groups is 2. The second-order valence-corrected chi connectivity index (χ2v) is 21.1. The molecule has 0 saturated heterocycles. The van der Waals surface area contributed by atoms with Gasteiger partial charge in [-0.05, 0) is 96.3 Å². The minimum Gasteiger partial charge on any atom is -0.462 e. The third-order valence-corrected chi connectivity index (χ3v) is 13.9. The Morgan fingerprint density at radius 1 is 0.324 bits per heavy atom. The van der Waals surface area contributed by atoms with Gasteiger partial charge >= 0.3 is 11.9 Å².